The SMILES string of the molecule is Cc1nn(C)c(C)c1C=CC(=O)N1CCOCC1. The summed E-state index contributed by atoms with van der Waals surface area (Å²) in [6.07, 6.45) is 3.48. The lowest BCUT2D eigenvalue weighted by Crippen LogP contribution is -2.39. The first-order valence-electron chi connectivity index (χ1n) is 6.14. The van der Waals surface area contributed by atoms with Crippen LogP contribution in [0.2, 0.25) is 0 Å². The second-order valence-electron chi connectivity index (χ2n) is 4.48. The van der Waals surface area contributed by atoms with Gasteiger partial charge in [0.05, 0.1) is 18.9 Å². The third-order valence-corrected chi connectivity index (χ3v) is 3.28. The summed E-state index contributed by atoms with van der Waals surface area (Å²) in [4.78, 5) is 13.8. The average Bonchev–Trinajstić information content (AvgIpc) is 2.62. The van der Waals surface area contributed by atoms with E-state index in [0.29, 0.717) is 26.3 Å². The number of hydrogen-bond donors (Lipinski definition) is 0. The van der Waals surface area contributed by atoms with Gasteiger partial charge in [-0.15, -0.1) is 0 Å². The fourth-order valence-electron chi connectivity index (χ4n) is 2.07. The number of carbonyl (C=O) groups excluding carboxylic acids is 1. The van der Waals surface area contributed by atoms with Crippen molar-refractivity contribution in [2.24, 2.45) is 7.05 Å². The van der Waals surface area contributed by atoms with E-state index in [9.17, 15) is 4.79 Å². The number of rotatable bonds is 2. The normalized spacial score (nSPS) is 16.5. The number of amides is 1. The Labute approximate surface area is 107 Å². The number of morpholine rings is 1. The Bertz CT molecular complexity index is 471. The van der Waals surface area contributed by atoms with E-state index in [1.54, 1.807) is 11.0 Å². The van der Waals surface area contributed by atoms with Crippen molar-refractivity contribution in [3.05, 3.63) is 23.0 Å². The molecular weight excluding hydrogens is 230 g/mol. The molecule has 0 atom stereocenters. The zero-order valence-corrected chi connectivity index (χ0v) is 11.1. The molecule has 0 bridgehead atoms. The molecule has 2 heterocycles. The third-order valence-electron chi connectivity index (χ3n) is 3.28. The molecule has 0 N–H and O–H groups in total. The first kappa shape index (κ1) is 12.8. The van der Waals surface area contributed by atoms with Crippen LogP contribution < -0.4 is 0 Å². The molecule has 98 valence electrons. The maximum atomic E-state index is 12.0. The van der Waals surface area contributed by atoms with Crippen molar-refractivity contribution in [2.75, 3.05) is 26.3 Å². The van der Waals surface area contributed by atoms with Gasteiger partial charge in [-0.1, -0.05) is 0 Å². The number of aryl methyl sites for hydroxylation is 2. The van der Waals surface area contributed by atoms with Crippen LogP contribution in [-0.4, -0.2) is 46.9 Å². The van der Waals surface area contributed by atoms with E-state index in [0.717, 1.165) is 17.0 Å². The minimum Gasteiger partial charge on any atom is -0.378 e. The molecule has 5 nitrogen and oxygen atoms in total. The Morgan fingerprint density at radius 2 is 2.00 bits per heavy atom. The second-order valence-corrected chi connectivity index (χ2v) is 4.48. The average molecular weight is 249 g/mol. The molecule has 1 aliphatic rings. The van der Waals surface area contributed by atoms with Gasteiger partial charge in [-0.05, 0) is 19.9 Å². The fraction of sp³-hybridized carbons (Fsp3) is 0.538. The summed E-state index contributed by atoms with van der Waals surface area (Å²) < 4.78 is 7.05. The maximum Gasteiger partial charge on any atom is 0.246 e. The van der Waals surface area contributed by atoms with Gasteiger partial charge >= 0.3 is 0 Å². The molecule has 0 aromatic carbocycles. The smallest absolute Gasteiger partial charge is 0.246 e. The van der Waals surface area contributed by atoms with Gasteiger partial charge in [0.15, 0.2) is 0 Å². The lowest BCUT2D eigenvalue weighted by Gasteiger charge is -2.25. The molecule has 0 aliphatic carbocycles. The van der Waals surface area contributed by atoms with E-state index in [-0.39, 0.29) is 5.91 Å². The van der Waals surface area contributed by atoms with Crippen molar-refractivity contribution < 1.29 is 9.53 Å². The van der Waals surface area contributed by atoms with E-state index in [1.807, 2.05) is 31.7 Å². The van der Waals surface area contributed by atoms with Gasteiger partial charge in [0.25, 0.3) is 0 Å². The molecule has 1 fully saturated rings. The predicted molar refractivity (Wildman–Crippen MR) is 69.1 cm³/mol. The number of ether oxygens (including phenoxy) is 1. The Balaban J connectivity index is 2.08. The summed E-state index contributed by atoms with van der Waals surface area (Å²) in [7, 11) is 1.91. The lowest BCUT2D eigenvalue weighted by atomic mass is 10.2. The van der Waals surface area contributed by atoms with Crippen LogP contribution >= 0.6 is 0 Å². The Morgan fingerprint density at radius 1 is 1.33 bits per heavy atom. The highest BCUT2D eigenvalue weighted by Crippen LogP contribution is 2.13. The van der Waals surface area contributed by atoms with Crippen molar-refractivity contribution >= 4 is 12.0 Å². The summed E-state index contributed by atoms with van der Waals surface area (Å²) in [5.41, 5.74) is 3.04. The van der Waals surface area contributed by atoms with E-state index < -0.39 is 0 Å². The second kappa shape index (κ2) is 5.35. The minimum atomic E-state index is 0.0425. The van der Waals surface area contributed by atoms with Gasteiger partial charge in [-0.3, -0.25) is 9.48 Å². The topological polar surface area (TPSA) is 47.4 Å². The predicted octanol–water partition coefficient (Wildman–Crippen LogP) is 0.909. The zero-order valence-electron chi connectivity index (χ0n) is 11.1. The Hall–Kier alpha value is -1.62. The van der Waals surface area contributed by atoms with Crippen LogP contribution in [0.15, 0.2) is 6.08 Å². The lowest BCUT2D eigenvalue weighted by molar-refractivity contribution is -0.129. The molecule has 0 unspecified atom stereocenters. The molecule has 1 aromatic heterocycles. The quantitative estimate of drug-likeness (QED) is 0.732. The van der Waals surface area contributed by atoms with Gasteiger partial charge in [-0.25, -0.2) is 0 Å². The maximum absolute atomic E-state index is 12.0. The highest BCUT2D eigenvalue weighted by Gasteiger charge is 2.14. The zero-order chi connectivity index (χ0) is 13.1. The molecule has 1 aromatic rings. The number of aromatic nitrogens is 2. The summed E-state index contributed by atoms with van der Waals surface area (Å²) >= 11 is 0. The van der Waals surface area contributed by atoms with Crippen molar-refractivity contribution in [3.8, 4) is 0 Å². The molecule has 0 radical (unpaired) electrons. The van der Waals surface area contributed by atoms with Crippen LogP contribution in [0.4, 0.5) is 0 Å². The van der Waals surface area contributed by atoms with E-state index in [4.69, 9.17) is 4.74 Å². The molecular formula is C13H19N3O2. The number of nitrogens with zero attached hydrogens (tertiary/aromatic N) is 3. The minimum absolute atomic E-state index is 0.0425. The van der Waals surface area contributed by atoms with E-state index in [1.165, 1.54) is 0 Å². The summed E-state index contributed by atoms with van der Waals surface area (Å²) in [6.45, 7) is 6.56. The van der Waals surface area contributed by atoms with Crippen LogP contribution in [0, 0.1) is 13.8 Å². The molecule has 0 saturated carbocycles. The largest absolute Gasteiger partial charge is 0.378 e. The molecule has 1 amide bonds. The van der Waals surface area contributed by atoms with Crippen LogP contribution in [-0.2, 0) is 16.6 Å². The van der Waals surface area contributed by atoms with Gasteiger partial charge in [-0.2, -0.15) is 5.10 Å². The van der Waals surface area contributed by atoms with Crippen LogP contribution in [0.1, 0.15) is 17.0 Å². The number of hydrogen-bond acceptors (Lipinski definition) is 3. The summed E-state index contributed by atoms with van der Waals surface area (Å²) in [5, 5.41) is 4.32. The molecule has 5 heteroatoms. The van der Waals surface area contributed by atoms with Crippen molar-refractivity contribution in [3.63, 3.8) is 0 Å². The van der Waals surface area contributed by atoms with Gasteiger partial charge < -0.3 is 9.64 Å². The number of carbonyl (C=O) groups is 1. The highest BCUT2D eigenvalue weighted by atomic mass is 16.5. The Kier molecular flexibility index (Phi) is 3.81. The van der Waals surface area contributed by atoms with Crippen LogP contribution in [0.5, 0.6) is 0 Å². The monoisotopic (exact) mass is 249 g/mol. The summed E-state index contributed by atoms with van der Waals surface area (Å²) in [5.74, 6) is 0.0425. The standard InChI is InChI=1S/C13H19N3O2/c1-10-12(11(2)15(3)14-10)4-5-13(17)16-6-8-18-9-7-16/h4-5H,6-9H2,1-3H3. The first-order valence-corrected chi connectivity index (χ1v) is 6.14. The Morgan fingerprint density at radius 3 is 2.56 bits per heavy atom. The molecule has 18 heavy (non-hydrogen) atoms. The van der Waals surface area contributed by atoms with Gasteiger partial charge in [0.2, 0.25) is 5.91 Å². The molecule has 2 rings (SSSR count). The van der Waals surface area contributed by atoms with Crippen LogP contribution in [0.25, 0.3) is 6.08 Å². The van der Waals surface area contributed by atoms with Crippen molar-refractivity contribution in [2.45, 2.75) is 13.8 Å². The summed E-state index contributed by atoms with van der Waals surface area (Å²) in [6, 6.07) is 0. The van der Waals surface area contributed by atoms with E-state index in [2.05, 4.69) is 5.10 Å². The highest BCUT2D eigenvalue weighted by molar-refractivity contribution is 5.92. The molecule has 1 aliphatic heterocycles. The van der Waals surface area contributed by atoms with Crippen molar-refractivity contribution in [1.82, 2.24) is 14.7 Å². The molecule has 1 saturated heterocycles. The first-order chi connectivity index (χ1) is 8.59. The van der Waals surface area contributed by atoms with Gasteiger partial charge in [0, 0.05) is 37.5 Å². The van der Waals surface area contributed by atoms with Crippen molar-refractivity contribution in [1.29, 1.82) is 0 Å². The van der Waals surface area contributed by atoms with Crippen LogP contribution in [0.3, 0.4) is 0 Å². The van der Waals surface area contributed by atoms with E-state index >= 15 is 0 Å². The third kappa shape index (κ3) is 2.61. The molecule has 0 spiro atoms. The fourth-order valence-corrected chi connectivity index (χ4v) is 2.07. The van der Waals surface area contributed by atoms with Gasteiger partial charge in [0.1, 0.15) is 0 Å².